The molecule has 6 nitrogen and oxygen atoms in total. The van der Waals surface area contributed by atoms with E-state index in [1.807, 2.05) is 30.5 Å². The van der Waals surface area contributed by atoms with Gasteiger partial charge in [-0.3, -0.25) is 9.78 Å². The molecule has 0 saturated heterocycles. The van der Waals surface area contributed by atoms with Crippen LogP contribution in [0.1, 0.15) is 31.7 Å². The first-order valence-electron chi connectivity index (χ1n) is 8.98. The lowest BCUT2D eigenvalue weighted by atomic mass is 9.91. The minimum atomic E-state index is -0.0175. The van der Waals surface area contributed by atoms with E-state index in [0.717, 1.165) is 48.0 Å². The number of methoxy groups -OCH3 is 1. The van der Waals surface area contributed by atoms with E-state index < -0.39 is 0 Å². The topological polar surface area (TPSA) is 69.0 Å². The minimum Gasteiger partial charge on any atom is -0.497 e. The first-order chi connectivity index (χ1) is 12.7. The lowest BCUT2D eigenvalue weighted by Gasteiger charge is -2.30. The summed E-state index contributed by atoms with van der Waals surface area (Å²) in [6.45, 7) is 0. The van der Waals surface area contributed by atoms with Crippen molar-refractivity contribution in [2.75, 3.05) is 12.4 Å². The Labute approximate surface area is 151 Å². The number of fused-ring (bicyclic) bond motifs is 1. The number of nitrogens with one attached hydrogen (secondary N) is 1. The average molecular weight is 350 g/mol. The largest absolute Gasteiger partial charge is 0.497 e. The van der Waals surface area contributed by atoms with Crippen LogP contribution < -0.4 is 15.6 Å². The van der Waals surface area contributed by atoms with Crippen LogP contribution in [0.25, 0.3) is 10.9 Å². The third-order valence-corrected chi connectivity index (χ3v) is 5.09. The summed E-state index contributed by atoms with van der Waals surface area (Å²) < 4.78 is 6.97. The van der Waals surface area contributed by atoms with Gasteiger partial charge >= 0.3 is 0 Å². The van der Waals surface area contributed by atoms with Gasteiger partial charge in [0.25, 0.3) is 5.56 Å². The summed E-state index contributed by atoms with van der Waals surface area (Å²) in [7, 11) is 1.67. The van der Waals surface area contributed by atoms with Gasteiger partial charge in [0.1, 0.15) is 5.75 Å². The maximum atomic E-state index is 12.0. The maximum Gasteiger partial charge on any atom is 0.266 e. The van der Waals surface area contributed by atoms with Crippen LogP contribution in [-0.4, -0.2) is 27.9 Å². The number of hydrogen-bond acceptors (Lipinski definition) is 5. The normalized spacial score (nSPS) is 20.0. The van der Waals surface area contributed by atoms with Crippen molar-refractivity contribution in [3.63, 3.8) is 0 Å². The van der Waals surface area contributed by atoms with Crippen LogP contribution in [0.3, 0.4) is 0 Å². The molecule has 3 aromatic rings. The Morgan fingerprint density at radius 1 is 1.12 bits per heavy atom. The van der Waals surface area contributed by atoms with Crippen molar-refractivity contribution in [2.45, 2.75) is 37.8 Å². The Balaban J connectivity index is 1.49. The molecule has 0 radical (unpaired) electrons. The summed E-state index contributed by atoms with van der Waals surface area (Å²) in [6.07, 6.45) is 7.41. The molecule has 1 fully saturated rings. The van der Waals surface area contributed by atoms with E-state index in [2.05, 4.69) is 15.4 Å². The van der Waals surface area contributed by atoms with Crippen LogP contribution in [0.2, 0.25) is 0 Å². The SMILES string of the molecule is COc1ccc2nccc(NC3CCC(n4ncccc4=O)CC3)c2c1. The van der Waals surface area contributed by atoms with E-state index in [-0.39, 0.29) is 11.6 Å². The monoisotopic (exact) mass is 350 g/mol. The highest BCUT2D eigenvalue weighted by Gasteiger charge is 2.23. The van der Waals surface area contributed by atoms with Crippen LogP contribution in [-0.2, 0) is 0 Å². The van der Waals surface area contributed by atoms with Crippen LogP contribution in [0.5, 0.6) is 5.75 Å². The predicted octanol–water partition coefficient (Wildman–Crippen LogP) is 3.40. The fourth-order valence-electron chi connectivity index (χ4n) is 3.71. The zero-order valence-corrected chi connectivity index (χ0v) is 14.8. The lowest BCUT2D eigenvalue weighted by Crippen LogP contribution is -2.32. The molecule has 134 valence electrons. The van der Waals surface area contributed by atoms with Gasteiger partial charge in [-0.2, -0.15) is 5.10 Å². The molecule has 0 atom stereocenters. The van der Waals surface area contributed by atoms with Crippen LogP contribution in [0.15, 0.2) is 53.6 Å². The second kappa shape index (κ2) is 7.15. The minimum absolute atomic E-state index is 0.0175. The third-order valence-electron chi connectivity index (χ3n) is 5.09. The van der Waals surface area contributed by atoms with Crippen molar-refractivity contribution >= 4 is 16.6 Å². The van der Waals surface area contributed by atoms with E-state index in [0.29, 0.717) is 6.04 Å². The van der Waals surface area contributed by atoms with E-state index in [1.54, 1.807) is 30.1 Å². The van der Waals surface area contributed by atoms with Crippen molar-refractivity contribution in [3.8, 4) is 5.75 Å². The molecule has 1 N–H and O–H groups in total. The van der Waals surface area contributed by atoms with Crippen molar-refractivity contribution < 1.29 is 4.74 Å². The molecule has 0 spiro atoms. The number of benzene rings is 1. The molecule has 1 aromatic carbocycles. The maximum absolute atomic E-state index is 12.0. The van der Waals surface area contributed by atoms with E-state index in [1.165, 1.54) is 0 Å². The second-order valence-corrected chi connectivity index (χ2v) is 6.70. The fourth-order valence-corrected chi connectivity index (χ4v) is 3.71. The third kappa shape index (κ3) is 3.27. The van der Waals surface area contributed by atoms with Gasteiger partial charge in [0.15, 0.2) is 0 Å². The van der Waals surface area contributed by atoms with E-state index >= 15 is 0 Å². The lowest BCUT2D eigenvalue weighted by molar-refractivity contribution is 0.304. The Hall–Kier alpha value is -2.89. The number of pyridine rings is 1. The molecule has 1 aliphatic carbocycles. The van der Waals surface area contributed by atoms with Gasteiger partial charge in [-0.25, -0.2) is 4.68 Å². The molecular weight excluding hydrogens is 328 g/mol. The Kier molecular flexibility index (Phi) is 4.56. The number of nitrogens with zero attached hydrogens (tertiary/aromatic N) is 3. The molecule has 4 rings (SSSR count). The number of aromatic nitrogens is 3. The van der Waals surface area contributed by atoms with Gasteiger partial charge in [-0.05, 0) is 56.0 Å². The van der Waals surface area contributed by atoms with Gasteiger partial charge in [0, 0.05) is 35.6 Å². The Morgan fingerprint density at radius 3 is 2.73 bits per heavy atom. The van der Waals surface area contributed by atoms with Crippen molar-refractivity contribution in [1.82, 2.24) is 14.8 Å². The summed E-state index contributed by atoms with van der Waals surface area (Å²) in [5.41, 5.74) is 2.01. The van der Waals surface area contributed by atoms with Gasteiger partial charge in [-0.1, -0.05) is 0 Å². The Morgan fingerprint density at radius 2 is 1.96 bits per heavy atom. The number of rotatable bonds is 4. The smallest absolute Gasteiger partial charge is 0.266 e. The number of ether oxygens (including phenoxy) is 1. The molecule has 0 bridgehead atoms. The first-order valence-corrected chi connectivity index (χ1v) is 8.98. The fraction of sp³-hybridized carbons (Fsp3) is 0.350. The van der Waals surface area contributed by atoms with Crippen molar-refractivity contribution in [2.24, 2.45) is 0 Å². The summed E-state index contributed by atoms with van der Waals surface area (Å²) >= 11 is 0. The van der Waals surface area contributed by atoms with Crippen molar-refractivity contribution in [3.05, 3.63) is 59.1 Å². The molecule has 2 heterocycles. The van der Waals surface area contributed by atoms with Crippen LogP contribution in [0, 0.1) is 0 Å². The van der Waals surface area contributed by atoms with E-state index in [9.17, 15) is 4.79 Å². The Bertz CT molecular complexity index is 961. The van der Waals surface area contributed by atoms with Gasteiger partial charge in [0.05, 0.1) is 18.7 Å². The number of anilines is 1. The first kappa shape index (κ1) is 16.6. The molecule has 26 heavy (non-hydrogen) atoms. The molecule has 0 aliphatic heterocycles. The zero-order chi connectivity index (χ0) is 17.9. The predicted molar refractivity (Wildman–Crippen MR) is 102 cm³/mol. The molecule has 1 saturated carbocycles. The summed E-state index contributed by atoms with van der Waals surface area (Å²) in [5.74, 6) is 0.826. The average Bonchev–Trinajstić information content (AvgIpc) is 2.69. The molecular formula is C20H22N4O2. The summed E-state index contributed by atoms with van der Waals surface area (Å²) in [6, 6.07) is 11.8. The van der Waals surface area contributed by atoms with Gasteiger partial charge < -0.3 is 10.1 Å². The highest BCUT2D eigenvalue weighted by Crippen LogP contribution is 2.31. The summed E-state index contributed by atoms with van der Waals surface area (Å²) in [4.78, 5) is 16.4. The molecule has 2 aromatic heterocycles. The number of hydrogen-bond donors (Lipinski definition) is 1. The van der Waals surface area contributed by atoms with Crippen LogP contribution >= 0.6 is 0 Å². The molecule has 0 amide bonds. The zero-order valence-electron chi connectivity index (χ0n) is 14.8. The van der Waals surface area contributed by atoms with Crippen LogP contribution in [0.4, 0.5) is 5.69 Å². The quantitative estimate of drug-likeness (QED) is 0.781. The highest BCUT2D eigenvalue weighted by atomic mass is 16.5. The van der Waals surface area contributed by atoms with Gasteiger partial charge in [-0.15, -0.1) is 0 Å². The highest BCUT2D eigenvalue weighted by molar-refractivity contribution is 5.92. The summed E-state index contributed by atoms with van der Waals surface area (Å²) in [5, 5.41) is 8.96. The molecule has 6 heteroatoms. The second-order valence-electron chi connectivity index (χ2n) is 6.70. The molecule has 1 aliphatic rings. The van der Waals surface area contributed by atoms with Crippen molar-refractivity contribution in [1.29, 1.82) is 0 Å². The molecule has 0 unspecified atom stereocenters. The van der Waals surface area contributed by atoms with E-state index in [4.69, 9.17) is 4.74 Å². The standard InChI is InChI=1S/C20H22N4O2/c1-26-16-8-9-18-17(13-16)19(10-12-21-18)23-14-4-6-15(7-5-14)24-20(25)3-2-11-22-24/h2-3,8-15H,4-7H2,1H3,(H,21,23). The van der Waals surface area contributed by atoms with Gasteiger partial charge in [0.2, 0.25) is 0 Å².